The molecule has 4 rings (SSSR count). The summed E-state index contributed by atoms with van der Waals surface area (Å²) in [6.07, 6.45) is 1.63. The first-order valence-corrected chi connectivity index (χ1v) is 9.53. The zero-order valence-corrected chi connectivity index (χ0v) is 16.4. The lowest BCUT2D eigenvalue weighted by Gasteiger charge is -2.27. The van der Waals surface area contributed by atoms with Gasteiger partial charge in [-0.2, -0.15) is 10.2 Å². The van der Waals surface area contributed by atoms with Gasteiger partial charge in [0.2, 0.25) is 0 Å². The molecule has 1 aromatic heterocycles. The van der Waals surface area contributed by atoms with Crippen molar-refractivity contribution in [2.45, 2.75) is 12.5 Å². The summed E-state index contributed by atoms with van der Waals surface area (Å²) in [6.45, 7) is 2.16. The Morgan fingerprint density at radius 2 is 2.31 bits per heavy atom. The Hall–Kier alpha value is -2.26. The maximum absolute atomic E-state index is 12.9. The number of carbonyl (C=O) groups excluding carboxylic acids is 1. The minimum Gasteiger partial charge on any atom is -0.495 e. The molecule has 0 spiro atoms. The van der Waals surface area contributed by atoms with Gasteiger partial charge in [-0.3, -0.25) is 0 Å². The van der Waals surface area contributed by atoms with Gasteiger partial charge in [0.05, 0.1) is 18.2 Å². The summed E-state index contributed by atoms with van der Waals surface area (Å²) < 4.78 is 17.3. The minimum atomic E-state index is -1.39. The third-order valence-corrected chi connectivity index (χ3v) is 5.72. The van der Waals surface area contributed by atoms with E-state index in [1.54, 1.807) is 31.7 Å². The van der Waals surface area contributed by atoms with Crippen LogP contribution in [0.3, 0.4) is 0 Å². The number of methoxy groups -OCH3 is 1. The summed E-state index contributed by atoms with van der Waals surface area (Å²) in [5.74, 6) is 0.782. The van der Waals surface area contributed by atoms with Gasteiger partial charge in [0.1, 0.15) is 28.8 Å². The molecule has 0 saturated carbocycles. The van der Waals surface area contributed by atoms with Crippen molar-refractivity contribution < 1.29 is 19.0 Å². The first kappa shape index (κ1) is 17.2. The lowest BCUT2D eigenvalue weighted by atomic mass is 9.88. The summed E-state index contributed by atoms with van der Waals surface area (Å²) in [5.41, 5.74) is 0.600. The molecule has 0 aliphatic carbocycles. The van der Waals surface area contributed by atoms with Crippen molar-refractivity contribution in [2.24, 2.45) is 10.2 Å². The lowest BCUT2D eigenvalue weighted by molar-refractivity contribution is -0.148. The molecule has 9 heteroatoms. The predicted octanol–water partition coefficient (Wildman–Crippen LogP) is 3.94. The van der Waals surface area contributed by atoms with E-state index in [4.69, 9.17) is 14.2 Å². The Morgan fingerprint density at radius 1 is 1.46 bits per heavy atom. The van der Waals surface area contributed by atoms with E-state index in [1.807, 2.05) is 6.07 Å². The van der Waals surface area contributed by atoms with Crippen molar-refractivity contribution in [2.75, 3.05) is 20.3 Å². The highest BCUT2D eigenvalue weighted by atomic mass is 79.9. The van der Waals surface area contributed by atoms with Gasteiger partial charge in [0.25, 0.3) is 5.54 Å². The number of thiazole rings is 1. The number of hydrogen-bond acceptors (Lipinski definition) is 8. The van der Waals surface area contributed by atoms with E-state index in [9.17, 15) is 4.79 Å². The molecule has 0 fully saturated rings. The molecule has 0 amide bonds. The monoisotopic (exact) mass is 435 g/mol. The molecule has 0 radical (unpaired) electrons. The fraction of sp³-hybridized carbons (Fsp3) is 0.294. The number of nitrogens with zero attached hydrogens (tertiary/aromatic N) is 3. The van der Waals surface area contributed by atoms with Crippen LogP contribution < -0.4 is 9.47 Å². The number of ether oxygens (including phenoxy) is 3. The van der Waals surface area contributed by atoms with Crippen LogP contribution in [0.4, 0.5) is 0 Å². The minimum absolute atomic E-state index is 0.165. The predicted molar refractivity (Wildman–Crippen MR) is 98.4 cm³/mol. The number of benzene rings is 1. The standard InChI is InChI=1S/C17H14BrN3O4S/c1-3-24-16(22)17(15-19-4-5-26-15)10-8-25-12-7-13(23-2)11(18)6-9(12)14(10)20-21-17/h4-7H,3,8H2,1-2H3. The van der Waals surface area contributed by atoms with Gasteiger partial charge in [-0.1, -0.05) is 0 Å². The van der Waals surface area contributed by atoms with Crippen molar-refractivity contribution in [1.82, 2.24) is 4.98 Å². The number of esters is 1. The van der Waals surface area contributed by atoms with Crippen LogP contribution in [0, 0.1) is 0 Å². The number of halogens is 1. The molecule has 1 aromatic carbocycles. The van der Waals surface area contributed by atoms with Crippen LogP contribution in [0.25, 0.3) is 5.70 Å². The topological polar surface area (TPSA) is 82.4 Å². The molecular weight excluding hydrogens is 422 g/mol. The molecule has 26 heavy (non-hydrogen) atoms. The number of carbonyl (C=O) groups is 1. The highest BCUT2D eigenvalue weighted by Crippen LogP contribution is 2.51. The Balaban J connectivity index is 1.90. The van der Waals surface area contributed by atoms with Gasteiger partial charge in [0.15, 0.2) is 0 Å². The first-order chi connectivity index (χ1) is 12.6. The second-order valence-electron chi connectivity index (χ2n) is 5.57. The Bertz CT molecular complexity index is 942. The maximum atomic E-state index is 12.9. The largest absolute Gasteiger partial charge is 0.495 e. The van der Waals surface area contributed by atoms with Gasteiger partial charge in [0, 0.05) is 28.8 Å². The maximum Gasteiger partial charge on any atom is 0.347 e. The van der Waals surface area contributed by atoms with Gasteiger partial charge in [-0.15, -0.1) is 11.3 Å². The van der Waals surface area contributed by atoms with Gasteiger partial charge >= 0.3 is 5.97 Å². The van der Waals surface area contributed by atoms with Gasteiger partial charge < -0.3 is 14.2 Å². The molecule has 2 aromatic rings. The highest BCUT2D eigenvalue weighted by Gasteiger charge is 2.54. The molecule has 3 heterocycles. The van der Waals surface area contributed by atoms with Crippen LogP contribution >= 0.6 is 27.3 Å². The van der Waals surface area contributed by atoms with Crippen LogP contribution in [-0.4, -0.2) is 31.3 Å². The van der Waals surface area contributed by atoms with Crippen LogP contribution in [0.2, 0.25) is 0 Å². The number of hydrogen-bond donors (Lipinski definition) is 0. The fourth-order valence-corrected chi connectivity index (χ4v) is 4.31. The summed E-state index contributed by atoms with van der Waals surface area (Å²) in [7, 11) is 1.59. The van der Waals surface area contributed by atoms with Crippen LogP contribution in [0.1, 0.15) is 17.5 Å². The molecule has 0 bridgehead atoms. The molecule has 0 N–H and O–H groups in total. The van der Waals surface area contributed by atoms with Crippen molar-refractivity contribution >= 4 is 38.9 Å². The highest BCUT2D eigenvalue weighted by molar-refractivity contribution is 9.10. The van der Waals surface area contributed by atoms with E-state index >= 15 is 0 Å². The summed E-state index contributed by atoms with van der Waals surface area (Å²) in [5, 5.41) is 11.0. The summed E-state index contributed by atoms with van der Waals surface area (Å²) in [6, 6.07) is 3.64. The second-order valence-corrected chi connectivity index (χ2v) is 7.32. The van der Waals surface area contributed by atoms with E-state index < -0.39 is 11.5 Å². The average Bonchev–Trinajstić information content (AvgIpc) is 3.29. The SMILES string of the molecule is CCOC(=O)C1(c2nccs2)N=NC2=C1COc1cc(OC)c(Br)cc12. The quantitative estimate of drug-likeness (QED) is 0.679. The number of rotatable bonds is 4. The van der Waals surface area contributed by atoms with E-state index in [0.717, 1.165) is 10.0 Å². The normalized spacial score (nSPS) is 20.4. The Kier molecular flexibility index (Phi) is 4.28. The molecule has 134 valence electrons. The Morgan fingerprint density at radius 3 is 3.00 bits per heavy atom. The summed E-state index contributed by atoms with van der Waals surface area (Å²) >= 11 is 4.81. The average molecular weight is 436 g/mol. The smallest absolute Gasteiger partial charge is 0.347 e. The Labute approximate surface area is 161 Å². The third kappa shape index (κ3) is 2.38. The number of azo groups is 1. The third-order valence-electron chi connectivity index (χ3n) is 4.22. The van der Waals surface area contributed by atoms with E-state index in [0.29, 0.717) is 27.8 Å². The van der Waals surface area contributed by atoms with Crippen LogP contribution in [0.15, 0.2) is 44.0 Å². The summed E-state index contributed by atoms with van der Waals surface area (Å²) in [4.78, 5) is 17.2. The fourth-order valence-electron chi connectivity index (χ4n) is 3.01. The lowest BCUT2D eigenvalue weighted by Crippen LogP contribution is -2.39. The molecule has 7 nitrogen and oxygen atoms in total. The zero-order valence-electron chi connectivity index (χ0n) is 14.0. The van der Waals surface area contributed by atoms with Crippen molar-refractivity contribution in [1.29, 1.82) is 0 Å². The van der Waals surface area contributed by atoms with E-state index in [-0.39, 0.29) is 13.2 Å². The molecule has 0 saturated heterocycles. The number of aromatic nitrogens is 1. The zero-order chi connectivity index (χ0) is 18.3. The van der Waals surface area contributed by atoms with Crippen LogP contribution in [-0.2, 0) is 15.1 Å². The van der Waals surface area contributed by atoms with E-state index in [1.165, 1.54) is 11.3 Å². The number of fused-ring (bicyclic) bond motifs is 2. The van der Waals surface area contributed by atoms with Crippen molar-refractivity contribution in [3.8, 4) is 11.5 Å². The molecule has 2 aliphatic rings. The van der Waals surface area contributed by atoms with E-state index in [2.05, 4.69) is 31.1 Å². The molecular formula is C17H14BrN3O4S. The van der Waals surface area contributed by atoms with Crippen molar-refractivity contribution in [3.05, 3.63) is 44.3 Å². The molecule has 2 aliphatic heterocycles. The van der Waals surface area contributed by atoms with Crippen LogP contribution in [0.5, 0.6) is 11.5 Å². The second kappa shape index (κ2) is 6.48. The van der Waals surface area contributed by atoms with Gasteiger partial charge in [-0.25, -0.2) is 9.78 Å². The first-order valence-electron chi connectivity index (χ1n) is 7.86. The van der Waals surface area contributed by atoms with Crippen molar-refractivity contribution in [3.63, 3.8) is 0 Å². The molecule has 1 atom stereocenters. The van der Waals surface area contributed by atoms with Gasteiger partial charge in [-0.05, 0) is 28.9 Å². The molecule has 1 unspecified atom stereocenters.